The Morgan fingerprint density at radius 3 is 3.00 bits per heavy atom. The number of aromatic nitrogens is 4. The van der Waals surface area contributed by atoms with E-state index in [1.54, 1.807) is 29.6 Å². The molecule has 1 fully saturated rings. The van der Waals surface area contributed by atoms with Crippen LogP contribution < -0.4 is 0 Å². The zero-order valence-corrected chi connectivity index (χ0v) is 14.6. The van der Waals surface area contributed by atoms with Crippen molar-refractivity contribution in [3.05, 3.63) is 30.2 Å². The van der Waals surface area contributed by atoms with Crippen LogP contribution in [-0.4, -0.2) is 72.5 Å². The van der Waals surface area contributed by atoms with Crippen LogP contribution in [0.25, 0.3) is 0 Å². The highest BCUT2D eigenvalue weighted by Crippen LogP contribution is 2.18. The van der Waals surface area contributed by atoms with E-state index in [0.29, 0.717) is 31.3 Å². The summed E-state index contributed by atoms with van der Waals surface area (Å²) in [5, 5.41) is 18.2. The predicted octanol–water partition coefficient (Wildman–Crippen LogP) is 0.0584. The number of amides is 1. The first-order valence-electron chi connectivity index (χ1n) is 8.45. The van der Waals surface area contributed by atoms with Crippen molar-refractivity contribution in [2.45, 2.75) is 45.5 Å². The Morgan fingerprint density at radius 2 is 2.36 bits per heavy atom. The lowest BCUT2D eigenvalue weighted by Crippen LogP contribution is -2.41. The second-order valence-corrected chi connectivity index (χ2v) is 6.46. The van der Waals surface area contributed by atoms with Crippen LogP contribution in [0.1, 0.15) is 25.1 Å². The van der Waals surface area contributed by atoms with E-state index in [2.05, 4.69) is 20.1 Å². The van der Waals surface area contributed by atoms with E-state index in [9.17, 15) is 9.90 Å². The number of aliphatic hydroxyl groups excluding tert-OH is 1. The van der Waals surface area contributed by atoms with E-state index in [4.69, 9.17) is 4.52 Å². The average molecular weight is 348 g/mol. The fraction of sp³-hybridized carbons (Fsp3) is 0.625. The van der Waals surface area contributed by atoms with Crippen molar-refractivity contribution in [1.29, 1.82) is 0 Å². The van der Waals surface area contributed by atoms with Crippen molar-refractivity contribution in [1.82, 2.24) is 29.7 Å². The summed E-state index contributed by atoms with van der Waals surface area (Å²) in [6, 6.07) is 1.93. The number of β-amino-alcohol motifs (C(OH)–C–C–N with tert-alkyl or cyclic N) is 1. The molecule has 0 spiro atoms. The molecule has 0 aliphatic carbocycles. The van der Waals surface area contributed by atoms with Gasteiger partial charge in [0.15, 0.2) is 5.82 Å². The first kappa shape index (κ1) is 17.6. The molecule has 3 heterocycles. The maximum absolute atomic E-state index is 12.0. The second kappa shape index (κ2) is 7.75. The second-order valence-electron chi connectivity index (χ2n) is 6.46. The van der Waals surface area contributed by atoms with Crippen LogP contribution in [0.4, 0.5) is 0 Å². The third-order valence-electron chi connectivity index (χ3n) is 4.40. The van der Waals surface area contributed by atoms with Gasteiger partial charge in [0.25, 0.3) is 0 Å². The van der Waals surface area contributed by atoms with E-state index in [1.807, 2.05) is 12.3 Å². The van der Waals surface area contributed by atoms with Gasteiger partial charge < -0.3 is 14.5 Å². The summed E-state index contributed by atoms with van der Waals surface area (Å²) < 4.78 is 6.70. The summed E-state index contributed by atoms with van der Waals surface area (Å²) in [7, 11) is 0. The highest BCUT2D eigenvalue weighted by molar-refractivity contribution is 5.73. The standard InChI is InChI=1S/C16H24N6O3/c1-12-18-16(19-25-12)11-22(13(2)23)14-4-7-20(8-14)9-15(24)10-21-6-3-5-17-21/h3,5-6,14-15,24H,4,7-11H2,1-2H3/t14-,15-/m1/s1. The van der Waals surface area contributed by atoms with Gasteiger partial charge in [-0.25, -0.2) is 0 Å². The fourth-order valence-corrected chi connectivity index (χ4v) is 3.27. The SMILES string of the molecule is CC(=O)N(Cc1noc(C)n1)[C@@H]1CCN(C[C@@H](O)Cn2cccn2)C1. The molecule has 1 aliphatic rings. The largest absolute Gasteiger partial charge is 0.390 e. The van der Waals surface area contributed by atoms with E-state index in [1.165, 1.54) is 0 Å². The number of carbonyl (C=O) groups excluding carboxylic acids is 1. The molecule has 9 nitrogen and oxygen atoms in total. The van der Waals surface area contributed by atoms with Gasteiger partial charge in [0.1, 0.15) is 0 Å². The number of aryl methyl sites for hydroxylation is 1. The lowest BCUT2D eigenvalue weighted by Gasteiger charge is -2.27. The van der Waals surface area contributed by atoms with Crippen molar-refractivity contribution in [2.75, 3.05) is 19.6 Å². The number of likely N-dealkylation sites (tertiary alicyclic amines) is 1. The fourth-order valence-electron chi connectivity index (χ4n) is 3.27. The van der Waals surface area contributed by atoms with Gasteiger partial charge in [0.2, 0.25) is 11.8 Å². The average Bonchev–Trinajstić information content (AvgIpc) is 3.27. The maximum atomic E-state index is 12.0. The third kappa shape index (κ3) is 4.64. The van der Waals surface area contributed by atoms with E-state index < -0.39 is 6.10 Å². The van der Waals surface area contributed by atoms with Gasteiger partial charge in [-0.05, 0) is 12.5 Å². The predicted molar refractivity (Wildman–Crippen MR) is 88.3 cm³/mol. The van der Waals surface area contributed by atoms with Gasteiger partial charge >= 0.3 is 0 Å². The molecule has 2 aromatic rings. The molecule has 3 rings (SSSR count). The Kier molecular flexibility index (Phi) is 5.44. The van der Waals surface area contributed by atoms with E-state index >= 15 is 0 Å². The monoisotopic (exact) mass is 348 g/mol. The number of hydrogen-bond acceptors (Lipinski definition) is 7. The molecule has 0 aromatic carbocycles. The zero-order valence-electron chi connectivity index (χ0n) is 14.6. The number of rotatable bonds is 7. The molecule has 0 saturated carbocycles. The van der Waals surface area contributed by atoms with Crippen molar-refractivity contribution >= 4 is 5.91 Å². The van der Waals surface area contributed by atoms with Crippen molar-refractivity contribution < 1.29 is 14.4 Å². The van der Waals surface area contributed by atoms with Gasteiger partial charge in [-0.15, -0.1) is 0 Å². The van der Waals surface area contributed by atoms with E-state index in [-0.39, 0.29) is 11.9 Å². The normalized spacial score (nSPS) is 19.2. The van der Waals surface area contributed by atoms with Crippen LogP contribution in [0.2, 0.25) is 0 Å². The van der Waals surface area contributed by atoms with Gasteiger partial charge in [-0.1, -0.05) is 5.16 Å². The molecule has 1 saturated heterocycles. The lowest BCUT2D eigenvalue weighted by atomic mass is 10.2. The molecule has 0 unspecified atom stereocenters. The minimum atomic E-state index is -0.496. The molecular formula is C16H24N6O3. The molecule has 2 aromatic heterocycles. The summed E-state index contributed by atoms with van der Waals surface area (Å²) in [6.45, 7) is 6.23. The Labute approximate surface area is 146 Å². The summed E-state index contributed by atoms with van der Waals surface area (Å²) in [5.41, 5.74) is 0. The minimum absolute atomic E-state index is 0.00797. The Hall–Kier alpha value is -2.26. The van der Waals surface area contributed by atoms with Gasteiger partial charge in [-0.3, -0.25) is 14.4 Å². The van der Waals surface area contributed by atoms with Crippen LogP contribution >= 0.6 is 0 Å². The molecule has 0 bridgehead atoms. The number of hydrogen-bond donors (Lipinski definition) is 1. The summed E-state index contributed by atoms with van der Waals surface area (Å²) in [6.07, 6.45) is 3.90. The molecular weight excluding hydrogens is 324 g/mol. The Bertz CT molecular complexity index is 686. The Morgan fingerprint density at radius 1 is 1.52 bits per heavy atom. The highest BCUT2D eigenvalue weighted by Gasteiger charge is 2.31. The van der Waals surface area contributed by atoms with Crippen molar-refractivity contribution in [2.24, 2.45) is 0 Å². The molecule has 25 heavy (non-hydrogen) atoms. The number of aliphatic hydroxyl groups is 1. The summed E-state index contributed by atoms with van der Waals surface area (Å²) >= 11 is 0. The molecule has 136 valence electrons. The van der Waals surface area contributed by atoms with E-state index in [0.717, 1.165) is 19.5 Å². The van der Waals surface area contributed by atoms with Crippen LogP contribution in [0.5, 0.6) is 0 Å². The van der Waals surface area contributed by atoms with Crippen LogP contribution in [0.15, 0.2) is 23.0 Å². The molecule has 0 radical (unpaired) electrons. The quantitative estimate of drug-likeness (QED) is 0.755. The van der Waals surface area contributed by atoms with Crippen LogP contribution in [0, 0.1) is 6.92 Å². The topological polar surface area (TPSA) is 101 Å². The molecule has 1 amide bonds. The maximum Gasteiger partial charge on any atom is 0.223 e. The first-order valence-corrected chi connectivity index (χ1v) is 8.45. The smallest absolute Gasteiger partial charge is 0.223 e. The summed E-state index contributed by atoms with van der Waals surface area (Å²) in [5.74, 6) is 1.00. The third-order valence-corrected chi connectivity index (χ3v) is 4.40. The molecule has 9 heteroatoms. The minimum Gasteiger partial charge on any atom is -0.390 e. The highest BCUT2D eigenvalue weighted by atomic mass is 16.5. The zero-order chi connectivity index (χ0) is 17.8. The first-order chi connectivity index (χ1) is 12.0. The van der Waals surface area contributed by atoms with Gasteiger partial charge in [0, 0.05) is 51.9 Å². The van der Waals surface area contributed by atoms with Crippen LogP contribution in [0.3, 0.4) is 0 Å². The number of nitrogens with zero attached hydrogens (tertiary/aromatic N) is 6. The lowest BCUT2D eigenvalue weighted by molar-refractivity contribution is -0.131. The summed E-state index contributed by atoms with van der Waals surface area (Å²) in [4.78, 5) is 20.2. The van der Waals surface area contributed by atoms with Crippen LogP contribution in [-0.2, 0) is 17.9 Å². The van der Waals surface area contributed by atoms with Gasteiger partial charge in [0.05, 0.1) is 19.2 Å². The Balaban J connectivity index is 1.53. The molecule has 1 N–H and O–H groups in total. The number of carbonyl (C=O) groups is 1. The molecule has 1 aliphatic heterocycles. The van der Waals surface area contributed by atoms with Gasteiger partial charge in [-0.2, -0.15) is 10.1 Å². The van der Waals surface area contributed by atoms with Crippen molar-refractivity contribution in [3.8, 4) is 0 Å². The molecule has 2 atom stereocenters. The van der Waals surface area contributed by atoms with Crippen molar-refractivity contribution in [3.63, 3.8) is 0 Å².